The SMILES string of the molecule is CC(C)(C)CCNCCOc1ccc2c(c1)CCC2. The van der Waals surface area contributed by atoms with Crippen LogP contribution in [0.2, 0.25) is 0 Å². The number of ether oxygens (including phenoxy) is 1. The zero-order valence-corrected chi connectivity index (χ0v) is 12.6. The third kappa shape index (κ3) is 4.87. The zero-order valence-electron chi connectivity index (χ0n) is 12.6. The van der Waals surface area contributed by atoms with E-state index in [0.717, 1.165) is 25.4 Å². The third-order valence-corrected chi connectivity index (χ3v) is 3.67. The summed E-state index contributed by atoms with van der Waals surface area (Å²) < 4.78 is 5.80. The van der Waals surface area contributed by atoms with E-state index in [0.29, 0.717) is 5.41 Å². The van der Waals surface area contributed by atoms with Gasteiger partial charge < -0.3 is 10.1 Å². The largest absolute Gasteiger partial charge is 0.492 e. The second-order valence-electron chi connectivity index (χ2n) is 6.69. The maximum Gasteiger partial charge on any atom is 0.119 e. The summed E-state index contributed by atoms with van der Waals surface area (Å²) in [4.78, 5) is 0. The Labute approximate surface area is 117 Å². The molecule has 0 unspecified atom stereocenters. The molecular weight excluding hydrogens is 234 g/mol. The molecule has 1 aliphatic carbocycles. The first-order valence-electron chi connectivity index (χ1n) is 7.50. The molecule has 0 amide bonds. The lowest BCUT2D eigenvalue weighted by Gasteiger charge is -2.18. The van der Waals surface area contributed by atoms with Gasteiger partial charge >= 0.3 is 0 Å². The van der Waals surface area contributed by atoms with Gasteiger partial charge in [0.25, 0.3) is 0 Å². The standard InChI is InChI=1S/C17H27NO/c1-17(2,3)9-10-18-11-12-19-16-8-7-14-5-4-6-15(14)13-16/h7-8,13,18H,4-6,9-12H2,1-3H3. The zero-order chi connectivity index (χ0) is 13.7. The first kappa shape index (κ1) is 14.4. The molecule has 2 nitrogen and oxygen atoms in total. The van der Waals surface area contributed by atoms with Gasteiger partial charge in [-0.1, -0.05) is 26.8 Å². The van der Waals surface area contributed by atoms with Gasteiger partial charge in [0.15, 0.2) is 0 Å². The van der Waals surface area contributed by atoms with Crippen LogP contribution >= 0.6 is 0 Å². The highest BCUT2D eigenvalue weighted by Gasteiger charge is 2.11. The van der Waals surface area contributed by atoms with E-state index in [1.165, 1.54) is 36.8 Å². The van der Waals surface area contributed by atoms with Crippen LogP contribution in [0.3, 0.4) is 0 Å². The highest BCUT2D eigenvalue weighted by molar-refractivity contribution is 5.38. The van der Waals surface area contributed by atoms with Crippen molar-refractivity contribution in [2.45, 2.75) is 46.5 Å². The summed E-state index contributed by atoms with van der Waals surface area (Å²) in [6, 6.07) is 6.56. The van der Waals surface area contributed by atoms with Crippen molar-refractivity contribution in [3.8, 4) is 5.75 Å². The number of hydrogen-bond donors (Lipinski definition) is 1. The van der Waals surface area contributed by atoms with Crippen LogP contribution in [0.15, 0.2) is 18.2 Å². The average molecular weight is 261 g/mol. The van der Waals surface area contributed by atoms with Gasteiger partial charge in [0.1, 0.15) is 12.4 Å². The van der Waals surface area contributed by atoms with Gasteiger partial charge in [-0.2, -0.15) is 0 Å². The predicted molar refractivity (Wildman–Crippen MR) is 80.9 cm³/mol. The monoisotopic (exact) mass is 261 g/mol. The van der Waals surface area contributed by atoms with Crippen molar-refractivity contribution in [3.05, 3.63) is 29.3 Å². The fraction of sp³-hybridized carbons (Fsp3) is 0.647. The molecule has 1 aromatic carbocycles. The summed E-state index contributed by atoms with van der Waals surface area (Å²) in [6.07, 6.45) is 4.96. The second kappa shape index (κ2) is 6.42. The molecule has 19 heavy (non-hydrogen) atoms. The van der Waals surface area contributed by atoms with Gasteiger partial charge in [-0.05, 0) is 60.9 Å². The Hall–Kier alpha value is -1.02. The number of hydrogen-bond acceptors (Lipinski definition) is 2. The fourth-order valence-electron chi connectivity index (χ4n) is 2.47. The Morgan fingerprint density at radius 2 is 1.89 bits per heavy atom. The lowest BCUT2D eigenvalue weighted by molar-refractivity contribution is 0.304. The molecule has 0 radical (unpaired) electrons. The molecule has 0 atom stereocenters. The Kier molecular flexibility index (Phi) is 4.87. The molecule has 1 aromatic rings. The van der Waals surface area contributed by atoms with Gasteiger partial charge in [0, 0.05) is 6.54 Å². The minimum atomic E-state index is 0.411. The summed E-state index contributed by atoms with van der Waals surface area (Å²) in [5.41, 5.74) is 3.40. The van der Waals surface area contributed by atoms with Crippen molar-refractivity contribution in [2.75, 3.05) is 19.7 Å². The van der Waals surface area contributed by atoms with Crippen LogP contribution in [0.25, 0.3) is 0 Å². The normalized spacial score (nSPS) is 14.5. The third-order valence-electron chi connectivity index (χ3n) is 3.67. The minimum absolute atomic E-state index is 0.411. The number of rotatable bonds is 6. The van der Waals surface area contributed by atoms with E-state index in [1.54, 1.807) is 0 Å². The molecule has 0 bridgehead atoms. The van der Waals surface area contributed by atoms with Gasteiger partial charge in [0.05, 0.1) is 0 Å². The van der Waals surface area contributed by atoms with Crippen molar-refractivity contribution in [1.82, 2.24) is 5.32 Å². The molecular formula is C17H27NO. The molecule has 0 saturated carbocycles. The molecule has 2 rings (SSSR count). The predicted octanol–water partition coefficient (Wildman–Crippen LogP) is 3.58. The summed E-state index contributed by atoms with van der Waals surface area (Å²) in [5, 5.41) is 3.44. The van der Waals surface area contributed by atoms with Gasteiger partial charge in [0.2, 0.25) is 0 Å². The Balaban J connectivity index is 1.63. The van der Waals surface area contributed by atoms with Crippen LogP contribution in [0, 0.1) is 5.41 Å². The van der Waals surface area contributed by atoms with E-state index in [2.05, 4.69) is 44.3 Å². The van der Waals surface area contributed by atoms with Crippen LogP contribution in [-0.2, 0) is 12.8 Å². The smallest absolute Gasteiger partial charge is 0.119 e. The molecule has 2 heteroatoms. The Morgan fingerprint density at radius 3 is 2.68 bits per heavy atom. The van der Waals surface area contributed by atoms with E-state index in [9.17, 15) is 0 Å². The van der Waals surface area contributed by atoms with E-state index in [4.69, 9.17) is 4.74 Å². The lowest BCUT2D eigenvalue weighted by atomic mass is 9.92. The van der Waals surface area contributed by atoms with Crippen molar-refractivity contribution in [2.24, 2.45) is 5.41 Å². The number of fused-ring (bicyclic) bond motifs is 1. The molecule has 0 fully saturated rings. The average Bonchev–Trinajstić information content (AvgIpc) is 2.79. The first-order chi connectivity index (χ1) is 9.04. The highest BCUT2D eigenvalue weighted by Crippen LogP contribution is 2.25. The topological polar surface area (TPSA) is 21.3 Å². The molecule has 1 aliphatic rings. The van der Waals surface area contributed by atoms with Crippen molar-refractivity contribution in [3.63, 3.8) is 0 Å². The number of aryl methyl sites for hydroxylation is 2. The molecule has 106 valence electrons. The molecule has 0 aromatic heterocycles. The van der Waals surface area contributed by atoms with E-state index in [1.807, 2.05) is 0 Å². The maximum atomic E-state index is 5.80. The van der Waals surface area contributed by atoms with E-state index >= 15 is 0 Å². The van der Waals surface area contributed by atoms with Gasteiger partial charge in [-0.25, -0.2) is 0 Å². The van der Waals surface area contributed by atoms with Crippen LogP contribution in [0.5, 0.6) is 5.75 Å². The molecule has 1 N–H and O–H groups in total. The quantitative estimate of drug-likeness (QED) is 0.790. The van der Waals surface area contributed by atoms with Gasteiger partial charge in [-0.15, -0.1) is 0 Å². The maximum absolute atomic E-state index is 5.80. The van der Waals surface area contributed by atoms with E-state index in [-0.39, 0.29) is 0 Å². The first-order valence-corrected chi connectivity index (χ1v) is 7.50. The second-order valence-corrected chi connectivity index (χ2v) is 6.69. The summed E-state index contributed by atoms with van der Waals surface area (Å²) >= 11 is 0. The van der Waals surface area contributed by atoms with Gasteiger partial charge in [-0.3, -0.25) is 0 Å². The van der Waals surface area contributed by atoms with Crippen molar-refractivity contribution < 1.29 is 4.74 Å². The highest BCUT2D eigenvalue weighted by atomic mass is 16.5. The summed E-state index contributed by atoms with van der Waals surface area (Å²) in [6.45, 7) is 9.56. The Morgan fingerprint density at radius 1 is 1.11 bits per heavy atom. The van der Waals surface area contributed by atoms with Crippen LogP contribution in [0.4, 0.5) is 0 Å². The summed E-state index contributed by atoms with van der Waals surface area (Å²) in [5.74, 6) is 1.03. The van der Waals surface area contributed by atoms with Crippen molar-refractivity contribution in [1.29, 1.82) is 0 Å². The van der Waals surface area contributed by atoms with Crippen LogP contribution < -0.4 is 10.1 Å². The molecule has 0 saturated heterocycles. The van der Waals surface area contributed by atoms with Crippen LogP contribution in [-0.4, -0.2) is 19.7 Å². The number of nitrogens with one attached hydrogen (secondary N) is 1. The molecule has 0 spiro atoms. The molecule has 0 heterocycles. The Bertz CT molecular complexity index is 406. The van der Waals surface area contributed by atoms with Crippen LogP contribution in [0.1, 0.15) is 44.7 Å². The summed E-state index contributed by atoms with van der Waals surface area (Å²) in [7, 11) is 0. The molecule has 0 aliphatic heterocycles. The lowest BCUT2D eigenvalue weighted by Crippen LogP contribution is -2.25. The van der Waals surface area contributed by atoms with Crippen molar-refractivity contribution >= 4 is 0 Å². The van der Waals surface area contributed by atoms with E-state index < -0.39 is 0 Å². The fourth-order valence-corrected chi connectivity index (χ4v) is 2.47. The number of benzene rings is 1. The minimum Gasteiger partial charge on any atom is -0.492 e.